The zero-order chi connectivity index (χ0) is 19.8. The Morgan fingerprint density at radius 2 is 1.93 bits per heavy atom. The first-order chi connectivity index (χ1) is 12.7. The molecule has 7 nitrogen and oxygen atoms in total. The van der Waals surface area contributed by atoms with Crippen LogP contribution >= 0.6 is 0 Å². The number of carbonyl (C=O) groups is 1. The van der Waals surface area contributed by atoms with Crippen LogP contribution in [0.4, 0.5) is 5.69 Å². The second-order valence-electron chi connectivity index (χ2n) is 7.95. The molecular weight excluding hydrogens is 348 g/mol. The van der Waals surface area contributed by atoms with Gasteiger partial charge in [0.15, 0.2) is 0 Å². The molecule has 2 N–H and O–H groups in total. The number of aromatic nitrogens is 1. The summed E-state index contributed by atoms with van der Waals surface area (Å²) in [4.78, 5) is 26.4. The third-order valence-corrected chi connectivity index (χ3v) is 5.13. The average Bonchev–Trinajstić information content (AvgIpc) is 2.63. The van der Waals surface area contributed by atoms with Gasteiger partial charge in [0.2, 0.25) is 5.43 Å². The number of morpholine rings is 1. The van der Waals surface area contributed by atoms with Crippen molar-refractivity contribution in [3.8, 4) is 0 Å². The van der Waals surface area contributed by atoms with Crippen LogP contribution < -0.4 is 10.3 Å². The van der Waals surface area contributed by atoms with Crippen molar-refractivity contribution in [2.75, 3.05) is 37.8 Å². The molecule has 1 atom stereocenters. The van der Waals surface area contributed by atoms with Gasteiger partial charge in [0.25, 0.3) is 0 Å². The first kappa shape index (κ1) is 19.4. The van der Waals surface area contributed by atoms with Crippen LogP contribution in [0.3, 0.4) is 0 Å². The Bertz CT molecular complexity index is 907. The van der Waals surface area contributed by atoms with Crippen LogP contribution in [0.5, 0.6) is 0 Å². The zero-order valence-corrected chi connectivity index (χ0v) is 15.9. The number of anilines is 1. The van der Waals surface area contributed by atoms with Crippen molar-refractivity contribution in [2.24, 2.45) is 5.41 Å². The first-order valence-electron chi connectivity index (χ1n) is 9.10. The van der Waals surface area contributed by atoms with Gasteiger partial charge in [-0.25, -0.2) is 4.79 Å². The number of fused-ring (bicyclic) bond motifs is 1. The molecule has 0 unspecified atom stereocenters. The van der Waals surface area contributed by atoms with E-state index in [4.69, 9.17) is 4.74 Å². The second kappa shape index (κ2) is 7.32. The molecule has 0 spiro atoms. The van der Waals surface area contributed by atoms with Crippen molar-refractivity contribution in [1.82, 2.24) is 4.57 Å². The van der Waals surface area contributed by atoms with Gasteiger partial charge >= 0.3 is 5.97 Å². The molecule has 0 radical (unpaired) electrons. The lowest BCUT2D eigenvalue weighted by molar-refractivity contribution is 0.0692. The highest BCUT2D eigenvalue weighted by atomic mass is 16.5. The van der Waals surface area contributed by atoms with Gasteiger partial charge in [-0.1, -0.05) is 20.8 Å². The normalized spacial score (nSPS) is 16.5. The van der Waals surface area contributed by atoms with Gasteiger partial charge in [-0.3, -0.25) is 4.79 Å². The van der Waals surface area contributed by atoms with E-state index in [1.54, 1.807) is 10.6 Å². The highest BCUT2D eigenvalue weighted by molar-refractivity contribution is 5.93. The predicted molar refractivity (Wildman–Crippen MR) is 104 cm³/mol. The smallest absolute Gasteiger partial charge is 0.341 e. The Morgan fingerprint density at radius 1 is 1.26 bits per heavy atom. The maximum atomic E-state index is 12.7. The second-order valence-corrected chi connectivity index (χ2v) is 7.95. The van der Waals surface area contributed by atoms with Crippen LogP contribution in [0, 0.1) is 5.41 Å². The number of aliphatic hydroxyl groups is 1. The van der Waals surface area contributed by atoms with Gasteiger partial charge in [0.1, 0.15) is 5.56 Å². The van der Waals surface area contributed by atoms with Gasteiger partial charge < -0.3 is 24.4 Å². The van der Waals surface area contributed by atoms with Gasteiger partial charge in [-0.05, 0) is 23.6 Å². The highest BCUT2D eigenvalue weighted by Gasteiger charge is 2.28. The number of hydrogen-bond donors (Lipinski definition) is 2. The number of ether oxygens (including phenoxy) is 1. The Morgan fingerprint density at radius 3 is 2.48 bits per heavy atom. The van der Waals surface area contributed by atoms with E-state index in [0.717, 1.165) is 18.8 Å². The standard InChI is InChI=1S/C20H26N2O5/c1-20(2,3)17(12-23)22-11-15(19(25)26)18(24)14-5-4-13(10-16(14)22)21-6-8-27-9-7-21/h4-5,10-11,17,23H,6-9,12H2,1-3H3,(H,25,26)/t17-/m1/s1. The number of aromatic carboxylic acids is 1. The molecule has 1 fully saturated rings. The van der Waals surface area contributed by atoms with E-state index in [1.165, 1.54) is 6.20 Å². The largest absolute Gasteiger partial charge is 0.477 e. The van der Waals surface area contributed by atoms with E-state index in [-0.39, 0.29) is 23.6 Å². The summed E-state index contributed by atoms with van der Waals surface area (Å²) in [6.07, 6.45) is 1.36. The molecule has 7 heteroatoms. The maximum absolute atomic E-state index is 12.7. The van der Waals surface area contributed by atoms with E-state index in [1.807, 2.05) is 32.9 Å². The lowest BCUT2D eigenvalue weighted by Gasteiger charge is -2.33. The fourth-order valence-electron chi connectivity index (χ4n) is 3.55. The molecular formula is C20H26N2O5. The summed E-state index contributed by atoms with van der Waals surface area (Å²) in [6.45, 7) is 8.56. The Kier molecular flexibility index (Phi) is 5.26. The van der Waals surface area contributed by atoms with Crippen LogP contribution in [-0.2, 0) is 4.74 Å². The van der Waals surface area contributed by atoms with Crippen LogP contribution in [0.25, 0.3) is 10.9 Å². The number of nitrogens with zero attached hydrogens (tertiary/aromatic N) is 2. The molecule has 3 rings (SSSR count). The Hall–Kier alpha value is -2.38. The van der Waals surface area contributed by atoms with E-state index in [9.17, 15) is 19.8 Å². The zero-order valence-electron chi connectivity index (χ0n) is 15.9. The summed E-state index contributed by atoms with van der Waals surface area (Å²) in [5, 5.41) is 19.8. The molecule has 1 saturated heterocycles. The topological polar surface area (TPSA) is 92.0 Å². The van der Waals surface area contributed by atoms with E-state index in [0.29, 0.717) is 24.1 Å². The molecule has 0 aliphatic carbocycles. The van der Waals surface area contributed by atoms with Gasteiger partial charge in [-0.15, -0.1) is 0 Å². The van der Waals surface area contributed by atoms with Crippen molar-refractivity contribution in [3.05, 3.63) is 40.2 Å². The molecule has 2 heterocycles. The fourth-order valence-corrected chi connectivity index (χ4v) is 3.55. The van der Waals surface area contributed by atoms with Gasteiger partial charge in [-0.2, -0.15) is 0 Å². The minimum Gasteiger partial charge on any atom is -0.477 e. The molecule has 0 amide bonds. The van der Waals surface area contributed by atoms with Crippen molar-refractivity contribution >= 4 is 22.6 Å². The quantitative estimate of drug-likeness (QED) is 0.852. The van der Waals surface area contributed by atoms with E-state index < -0.39 is 11.4 Å². The molecule has 1 aromatic carbocycles. The summed E-state index contributed by atoms with van der Waals surface area (Å²) >= 11 is 0. The number of aliphatic hydroxyl groups excluding tert-OH is 1. The SMILES string of the molecule is CC(C)(C)[C@@H](CO)n1cc(C(=O)O)c(=O)c2ccc(N3CCOCC3)cc21. The molecule has 1 aliphatic heterocycles. The fraction of sp³-hybridized carbons (Fsp3) is 0.500. The third kappa shape index (κ3) is 3.70. The number of rotatable bonds is 4. The van der Waals surface area contributed by atoms with Crippen molar-refractivity contribution < 1.29 is 19.7 Å². The number of hydrogen-bond acceptors (Lipinski definition) is 5. The molecule has 0 saturated carbocycles. The molecule has 0 bridgehead atoms. The molecule has 2 aromatic rings. The first-order valence-corrected chi connectivity index (χ1v) is 9.10. The Labute approximate surface area is 157 Å². The lowest BCUT2D eigenvalue weighted by atomic mass is 9.86. The number of pyridine rings is 1. The minimum atomic E-state index is -1.27. The average molecular weight is 374 g/mol. The van der Waals surface area contributed by atoms with E-state index >= 15 is 0 Å². The molecule has 1 aromatic heterocycles. The maximum Gasteiger partial charge on any atom is 0.341 e. The predicted octanol–water partition coefficient (Wildman–Crippen LogP) is 2.12. The van der Waals surface area contributed by atoms with Crippen molar-refractivity contribution in [3.63, 3.8) is 0 Å². The number of carboxylic acid groups (broad SMARTS) is 1. The van der Waals surface area contributed by atoms with E-state index in [2.05, 4.69) is 4.90 Å². The number of benzene rings is 1. The van der Waals surface area contributed by atoms with Crippen LogP contribution in [0.15, 0.2) is 29.2 Å². The third-order valence-electron chi connectivity index (χ3n) is 5.13. The highest BCUT2D eigenvalue weighted by Crippen LogP contribution is 2.33. The van der Waals surface area contributed by atoms with Crippen molar-refractivity contribution in [2.45, 2.75) is 26.8 Å². The molecule has 1 aliphatic rings. The monoisotopic (exact) mass is 374 g/mol. The summed E-state index contributed by atoms with van der Waals surface area (Å²) in [6, 6.07) is 5.05. The molecule has 27 heavy (non-hydrogen) atoms. The summed E-state index contributed by atoms with van der Waals surface area (Å²) in [5.74, 6) is -1.27. The van der Waals surface area contributed by atoms with Crippen LogP contribution in [0.1, 0.15) is 37.2 Å². The molecule has 146 valence electrons. The summed E-state index contributed by atoms with van der Waals surface area (Å²) in [5.41, 5.74) is 0.453. The summed E-state index contributed by atoms with van der Waals surface area (Å²) < 4.78 is 7.14. The van der Waals surface area contributed by atoms with Gasteiger partial charge in [0.05, 0.1) is 31.4 Å². The van der Waals surface area contributed by atoms with Crippen LogP contribution in [0.2, 0.25) is 0 Å². The minimum absolute atomic E-state index is 0.164. The summed E-state index contributed by atoms with van der Waals surface area (Å²) in [7, 11) is 0. The van der Waals surface area contributed by atoms with Crippen molar-refractivity contribution in [1.29, 1.82) is 0 Å². The van der Waals surface area contributed by atoms with Crippen LogP contribution in [-0.4, -0.2) is 53.7 Å². The van der Waals surface area contributed by atoms with Gasteiger partial charge in [0, 0.05) is 30.4 Å². The Balaban J connectivity index is 2.27. The lowest BCUT2D eigenvalue weighted by Crippen LogP contribution is -2.36. The number of carboxylic acids is 1.